The fourth-order valence-corrected chi connectivity index (χ4v) is 8.48. The molecular formula is C33H41ClN2O4S. The molecule has 2 heterocycles. The first-order valence-corrected chi connectivity index (χ1v) is 16.6. The van der Waals surface area contributed by atoms with Gasteiger partial charge in [-0.15, -0.1) is 0 Å². The second-order valence-corrected chi connectivity index (χ2v) is 14.5. The monoisotopic (exact) mass is 596 g/mol. The van der Waals surface area contributed by atoms with E-state index in [1.165, 1.54) is 11.1 Å². The number of aryl methyl sites for hydroxylation is 1. The molecule has 2 bridgehead atoms. The number of anilines is 1. The Labute approximate surface area is 251 Å². The van der Waals surface area contributed by atoms with E-state index in [0.717, 1.165) is 68.1 Å². The van der Waals surface area contributed by atoms with E-state index in [2.05, 4.69) is 40.8 Å². The quantitative estimate of drug-likeness (QED) is 0.395. The van der Waals surface area contributed by atoms with Crippen molar-refractivity contribution < 1.29 is 18.5 Å². The molecule has 1 spiro atoms. The fourth-order valence-electron chi connectivity index (χ4n) is 7.26. The summed E-state index contributed by atoms with van der Waals surface area (Å²) in [5.41, 5.74) is 3.90. The van der Waals surface area contributed by atoms with Gasteiger partial charge in [-0.3, -0.25) is 9.52 Å². The topological polar surface area (TPSA) is 67.9 Å². The van der Waals surface area contributed by atoms with Gasteiger partial charge >= 0.3 is 0 Å². The lowest BCUT2D eigenvalue weighted by Crippen LogP contribution is -2.49. The summed E-state index contributed by atoms with van der Waals surface area (Å²) in [6.07, 6.45) is 10.6. The van der Waals surface area contributed by atoms with Gasteiger partial charge in [0.1, 0.15) is 16.7 Å². The summed E-state index contributed by atoms with van der Waals surface area (Å²) in [6, 6.07) is 12.0. The second-order valence-electron chi connectivity index (χ2n) is 12.6. The van der Waals surface area contributed by atoms with Crippen molar-refractivity contribution in [3.05, 3.63) is 70.3 Å². The van der Waals surface area contributed by atoms with Crippen molar-refractivity contribution in [1.82, 2.24) is 4.72 Å². The number of methoxy groups -OCH3 is 1. The van der Waals surface area contributed by atoms with E-state index in [0.29, 0.717) is 24.0 Å². The van der Waals surface area contributed by atoms with Gasteiger partial charge in [-0.05, 0) is 105 Å². The van der Waals surface area contributed by atoms with Crippen molar-refractivity contribution in [3.63, 3.8) is 0 Å². The summed E-state index contributed by atoms with van der Waals surface area (Å²) < 4.78 is 28.5. The van der Waals surface area contributed by atoms with E-state index in [-0.39, 0.29) is 28.6 Å². The molecule has 6 rings (SSSR count). The Hall–Kier alpha value is -2.35. The molecule has 1 amide bonds. The number of rotatable bonds is 1. The Bertz CT molecular complexity index is 1360. The summed E-state index contributed by atoms with van der Waals surface area (Å²) in [7, 11) is 0.305. The molecule has 4 aliphatic rings. The van der Waals surface area contributed by atoms with Gasteiger partial charge in [0.05, 0.1) is 23.6 Å². The van der Waals surface area contributed by atoms with Crippen LogP contribution in [0.1, 0.15) is 67.4 Å². The number of halogens is 1. The number of amides is 1. The van der Waals surface area contributed by atoms with E-state index in [1.807, 2.05) is 25.1 Å². The minimum absolute atomic E-state index is 0.0508. The van der Waals surface area contributed by atoms with Gasteiger partial charge in [-0.2, -0.15) is 0 Å². The Morgan fingerprint density at radius 1 is 1.17 bits per heavy atom. The first-order valence-electron chi connectivity index (χ1n) is 15.0. The van der Waals surface area contributed by atoms with Gasteiger partial charge in [0.25, 0.3) is 5.91 Å². The third kappa shape index (κ3) is 5.57. The van der Waals surface area contributed by atoms with Gasteiger partial charge in [-0.25, -0.2) is 4.21 Å². The molecule has 220 valence electrons. The number of nitrogens with one attached hydrogen (secondary N) is 1. The van der Waals surface area contributed by atoms with Crippen LogP contribution < -0.4 is 14.4 Å². The van der Waals surface area contributed by atoms with Crippen LogP contribution in [0, 0.1) is 17.8 Å². The zero-order valence-corrected chi connectivity index (χ0v) is 25.8. The van der Waals surface area contributed by atoms with Crippen LogP contribution in [0.4, 0.5) is 5.69 Å². The van der Waals surface area contributed by atoms with Gasteiger partial charge in [0.2, 0.25) is 0 Å². The smallest absolute Gasteiger partial charge is 0.263 e. The molecule has 6 nitrogen and oxygen atoms in total. The summed E-state index contributed by atoms with van der Waals surface area (Å²) in [4.78, 5) is 15.8. The lowest BCUT2D eigenvalue weighted by atomic mass is 9.68. The summed E-state index contributed by atoms with van der Waals surface area (Å²) in [5, 5.41) is 0.589. The van der Waals surface area contributed by atoms with Crippen molar-refractivity contribution in [2.45, 2.75) is 69.1 Å². The minimum Gasteiger partial charge on any atom is -0.490 e. The number of benzene rings is 2. The number of ether oxygens (including phenoxy) is 2. The number of nitrogens with zero attached hydrogens (tertiary/aromatic N) is 1. The van der Waals surface area contributed by atoms with Crippen molar-refractivity contribution >= 4 is 34.2 Å². The Kier molecular flexibility index (Phi) is 8.23. The minimum atomic E-state index is -1.50. The average Bonchev–Trinajstić information content (AvgIpc) is 3.10. The highest BCUT2D eigenvalue weighted by Crippen LogP contribution is 2.47. The van der Waals surface area contributed by atoms with Gasteiger partial charge in [0, 0.05) is 36.2 Å². The maximum Gasteiger partial charge on any atom is 0.263 e. The number of carbonyl (C=O) groups excluding carboxylic acids is 1. The molecule has 5 unspecified atom stereocenters. The van der Waals surface area contributed by atoms with Gasteiger partial charge < -0.3 is 14.4 Å². The Balaban J connectivity index is 1.41. The highest BCUT2D eigenvalue weighted by molar-refractivity contribution is 7.84. The zero-order chi connectivity index (χ0) is 28.7. The number of allylic oxidation sites excluding steroid dienone is 1. The fraction of sp³-hybridized carbons (Fsp3) is 0.545. The van der Waals surface area contributed by atoms with Crippen LogP contribution in [0.2, 0.25) is 5.02 Å². The van der Waals surface area contributed by atoms with Crippen LogP contribution in [0.3, 0.4) is 0 Å². The third-order valence-corrected chi connectivity index (χ3v) is 11.9. The Morgan fingerprint density at radius 2 is 2.02 bits per heavy atom. The summed E-state index contributed by atoms with van der Waals surface area (Å²) >= 11 is 6.41. The van der Waals surface area contributed by atoms with Crippen LogP contribution in [0.15, 0.2) is 48.6 Å². The van der Waals surface area contributed by atoms with E-state index in [9.17, 15) is 9.00 Å². The van der Waals surface area contributed by atoms with Gasteiger partial charge in [0.15, 0.2) is 0 Å². The predicted molar refractivity (Wildman–Crippen MR) is 165 cm³/mol. The first-order chi connectivity index (χ1) is 19.8. The van der Waals surface area contributed by atoms with Crippen LogP contribution in [-0.4, -0.2) is 48.3 Å². The van der Waals surface area contributed by atoms with E-state index in [1.54, 1.807) is 13.2 Å². The van der Waals surface area contributed by atoms with E-state index < -0.39 is 11.0 Å². The molecule has 7 atom stereocenters. The van der Waals surface area contributed by atoms with Crippen molar-refractivity contribution in [1.29, 1.82) is 0 Å². The highest BCUT2D eigenvalue weighted by Gasteiger charge is 2.44. The zero-order valence-electron chi connectivity index (χ0n) is 24.2. The molecule has 2 aromatic rings. The summed E-state index contributed by atoms with van der Waals surface area (Å²) in [6.45, 7) is 6.27. The standard InChI is InChI=1S/C33H41ClN2O4S/c1-21-6-4-8-30(39-3)27-12-9-25(27)18-36-19-33(15-5-7-23-16-26(34)11-13-28(23)33)20-40-31-14-10-24(17-29(31)36)32(37)35-41(38)22(21)2/h4,8,10-11,13-14,16-17,21-22,25,27,30H,5-7,9,12,15,18-20H2,1-3H3,(H,35,37)/b8-4+/t21?,22-,25?,27?,30?,33-,41?/m0/s1. The average molecular weight is 597 g/mol. The SMILES string of the molecule is COC1/C=C/CC(C)[C@H](C)S(=O)NC(=O)c2ccc3c(c2)N(CC2CCC21)C[C@@]1(CCCc2cc(Cl)ccc21)CO3. The molecule has 1 N–H and O–H groups in total. The number of hydrogen-bond acceptors (Lipinski definition) is 5. The third-order valence-electron chi connectivity index (χ3n) is 10.1. The predicted octanol–water partition coefficient (Wildman–Crippen LogP) is 6.23. The first kappa shape index (κ1) is 28.8. The molecule has 0 radical (unpaired) electrons. The van der Waals surface area contributed by atoms with Crippen LogP contribution in [-0.2, 0) is 27.6 Å². The molecule has 41 heavy (non-hydrogen) atoms. The van der Waals surface area contributed by atoms with Crippen LogP contribution in [0.25, 0.3) is 0 Å². The lowest BCUT2D eigenvalue weighted by Gasteiger charge is -2.46. The van der Waals surface area contributed by atoms with E-state index in [4.69, 9.17) is 21.1 Å². The van der Waals surface area contributed by atoms with Crippen LogP contribution in [0.5, 0.6) is 5.75 Å². The molecule has 1 saturated carbocycles. The molecule has 2 aromatic carbocycles. The maximum atomic E-state index is 13.3. The van der Waals surface area contributed by atoms with Crippen molar-refractivity contribution in [2.75, 3.05) is 31.7 Å². The summed E-state index contributed by atoms with van der Waals surface area (Å²) in [5.74, 6) is 1.53. The molecular weight excluding hydrogens is 556 g/mol. The largest absolute Gasteiger partial charge is 0.490 e. The number of fused-ring (bicyclic) bond motifs is 4. The highest BCUT2D eigenvalue weighted by atomic mass is 35.5. The van der Waals surface area contributed by atoms with Crippen molar-refractivity contribution in [3.8, 4) is 5.75 Å². The lowest BCUT2D eigenvalue weighted by molar-refractivity contribution is 0.0131. The molecule has 2 aliphatic carbocycles. The Morgan fingerprint density at radius 3 is 2.80 bits per heavy atom. The molecule has 2 aliphatic heterocycles. The molecule has 0 saturated heterocycles. The molecule has 1 fully saturated rings. The maximum absolute atomic E-state index is 13.3. The molecule has 0 aromatic heterocycles. The van der Waals surface area contributed by atoms with Crippen molar-refractivity contribution in [2.24, 2.45) is 17.8 Å². The van der Waals surface area contributed by atoms with E-state index >= 15 is 0 Å². The molecule has 8 heteroatoms. The van der Waals surface area contributed by atoms with Gasteiger partial charge in [-0.1, -0.05) is 36.7 Å². The van der Waals surface area contributed by atoms with Crippen LogP contribution >= 0.6 is 11.6 Å². The number of carbonyl (C=O) groups is 1. The number of hydrogen-bond donors (Lipinski definition) is 1. The second kappa shape index (κ2) is 11.7. The normalized spacial score (nSPS) is 34.3.